The number of nitrogens with zero attached hydrogens (tertiary/aromatic N) is 3. The Bertz CT molecular complexity index is 1290. The smallest absolute Gasteiger partial charge is 0.227 e. The predicted molar refractivity (Wildman–Crippen MR) is 113 cm³/mol. The van der Waals surface area contributed by atoms with Crippen LogP contribution in [0.5, 0.6) is 0 Å². The summed E-state index contributed by atoms with van der Waals surface area (Å²) >= 11 is 3.33. The summed E-state index contributed by atoms with van der Waals surface area (Å²) in [6.45, 7) is 0. The van der Waals surface area contributed by atoms with Gasteiger partial charge in [-0.25, -0.2) is 32.1 Å². The fourth-order valence-electron chi connectivity index (χ4n) is 2.56. The first-order chi connectivity index (χ1) is 14.2. The van der Waals surface area contributed by atoms with Gasteiger partial charge in [-0.3, -0.25) is 0 Å². The van der Waals surface area contributed by atoms with E-state index in [4.69, 9.17) is 5.26 Å². The van der Waals surface area contributed by atoms with E-state index in [1.807, 2.05) is 0 Å². The quantitative estimate of drug-likeness (QED) is 0.315. The summed E-state index contributed by atoms with van der Waals surface area (Å²) < 4.78 is 56.5. The second-order valence-corrected chi connectivity index (χ2v) is 9.31. The van der Waals surface area contributed by atoms with Crippen molar-refractivity contribution in [1.82, 2.24) is 14.7 Å². The first kappa shape index (κ1) is 21.6. The molecular formula is C19H13BrF3N5OS. The van der Waals surface area contributed by atoms with Crippen molar-refractivity contribution in [3.8, 4) is 17.5 Å². The lowest BCUT2D eigenvalue weighted by Gasteiger charge is -2.10. The van der Waals surface area contributed by atoms with E-state index in [2.05, 4.69) is 35.9 Å². The van der Waals surface area contributed by atoms with Crippen LogP contribution in [0.15, 0.2) is 47.1 Å². The minimum atomic E-state index is -2.74. The first-order valence-corrected chi connectivity index (χ1v) is 11.0. The van der Waals surface area contributed by atoms with E-state index in [-0.39, 0.29) is 17.2 Å². The van der Waals surface area contributed by atoms with Gasteiger partial charge in [0.15, 0.2) is 12.0 Å². The van der Waals surface area contributed by atoms with Gasteiger partial charge in [-0.05, 0) is 35.9 Å². The van der Waals surface area contributed by atoms with E-state index < -0.39 is 27.2 Å². The number of hydrogen-bond acceptors (Lipinski definition) is 5. The van der Waals surface area contributed by atoms with Gasteiger partial charge in [0, 0.05) is 33.4 Å². The summed E-state index contributed by atoms with van der Waals surface area (Å²) in [7, 11) is -2.74. The molecule has 2 N–H and O–H groups in total. The third kappa shape index (κ3) is 5.28. The Hall–Kier alpha value is -3.10. The molecule has 3 aromatic rings. The van der Waals surface area contributed by atoms with Crippen molar-refractivity contribution < 1.29 is 17.4 Å². The van der Waals surface area contributed by atoms with Crippen LogP contribution in [0.25, 0.3) is 11.3 Å². The summed E-state index contributed by atoms with van der Waals surface area (Å²) in [6, 6.07) is 7.68. The number of nitrogens with one attached hydrogen (secondary N) is 2. The van der Waals surface area contributed by atoms with Crippen LogP contribution < -0.4 is 10.0 Å². The third-order valence-corrected chi connectivity index (χ3v) is 5.39. The largest absolute Gasteiger partial charge is 0.324 e. The molecule has 3 rings (SSSR count). The summed E-state index contributed by atoms with van der Waals surface area (Å²) in [5, 5.41) is 12.9. The monoisotopic (exact) mass is 495 g/mol. The summed E-state index contributed by atoms with van der Waals surface area (Å²) in [4.78, 5) is 7.83. The highest BCUT2D eigenvalue weighted by molar-refractivity contribution is 9.10. The number of nitriles is 1. The van der Waals surface area contributed by atoms with Crippen LogP contribution in [0.1, 0.15) is 5.56 Å². The van der Waals surface area contributed by atoms with Crippen LogP contribution in [-0.2, 0) is 9.71 Å². The maximum Gasteiger partial charge on any atom is 0.227 e. The highest BCUT2D eigenvalue weighted by Crippen LogP contribution is 2.26. The molecule has 1 heterocycles. The zero-order chi connectivity index (χ0) is 21.9. The third-order valence-electron chi connectivity index (χ3n) is 3.72. The molecule has 0 spiro atoms. The molecule has 0 fully saturated rings. The SMILES string of the molecule is CS(=O)(=Cc1cc(Br)cc(Nc2ncc(F)c(-c3ccc(F)cc3F)n2)c1)NC#N. The van der Waals surface area contributed by atoms with Crippen LogP contribution in [-0.4, -0.2) is 25.8 Å². The molecule has 0 aliphatic rings. The lowest BCUT2D eigenvalue weighted by atomic mass is 10.1. The van der Waals surface area contributed by atoms with E-state index in [1.54, 1.807) is 24.4 Å². The van der Waals surface area contributed by atoms with Crippen molar-refractivity contribution in [2.24, 2.45) is 0 Å². The maximum absolute atomic E-state index is 14.2. The van der Waals surface area contributed by atoms with Crippen molar-refractivity contribution in [1.29, 1.82) is 5.26 Å². The van der Waals surface area contributed by atoms with Crippen LogP contribution >= 0.6 is 15.9 Å². The average molecular weight is 496 g/mol. The molecule has 6 nitrogen and oxygen atoms in total. The molecule has 0 radical (unpaired) electrons. The molecule has 30 heavy (non-hydrogen) atoms. The summed E-state index contributed by atoms with van der Waals surface area (Å²) in [5.41, 5.74) is 0.437. The molecule has 11 heteroatoms. The fraction of sp³-hybridized carbons (Fsp3) is 0.0526. The number of hydrogen-bond donors (Lipinski definition) is 2. The van der Waals surface area contributed by atoms with E-state index in [1.165, 1.54) is 11.6 Å². The first-order valence-electron chi connectivity index (χ1n) is 8.22. The second kappa shape index (κ2) is 8.73. The zero-order valence-corrected chi connectivity index (χ0v) is 17.7. The van der Waals surface area contributed by atoms with Gasteiger partial charge in [-0.15, -0.1) is 0 Å². The van der Waals surface area contributed by atoms with Crippen molar-refractivity contribution in [3.63, 3.8) is 0 Å². The molecule has 1 unspecified atom stereocenters. The Kier molecular flexibility index (Phi) is 6.28. The summed E-state index contributed by atoms with van der Waals surface area (Å²) in [5.74, 6) is -2.66. The number of halogens is 4. The predicted octanol–water partition coefficient (Wildman–Crippen LogP) is 4.12. The maximum atomic E-state index is 14.2. The highest BCUT2D eigenvalue weighted by atomic mass is 79.9. The normalized spacial score (nSPS) is 12.5. The number of benzene rings is 2. The van der Waals surface area contributed by atoms with E-state index in [9.17, 15) is 17.4 Å². The van der Waals surface area contributed by atoms with Gasteiger partial charge in [0.2, 0.25) is 5.95 Å². The van der Waals surface area contributed by atoms with E-state index in [0.29, 0.717) is 21.8 Å². The van der Waals surface area contributed by atoms with Crippen molar-refractivity contribution in [2.45, 2.75) is 0 Å². The molecule has 0 aliphatic heterocycles. The zero-order valence-electron chi connectivity index (χ0n) is 15.3. The molecule has 1 atom stereocenters. The lowest BCUT2D eigenvalue weighted by molar-refractivity contribution is 0.580. The van der Waals surface area contributed by atoms with Crippen LogP contribution in [0.4, 0.5) is 24.8 Å². The Labute approximate surface area is 179 Å². The van der Waals surface area contributed by atoms with Crippen LogP contribution in [0.2, 0.25) is 0 Å². The highest BCUT2D eigenvalue weighted by Gasteiger charge is 2.15. The van der Waals surface area contributed by atoms with Crippen molar-refractivity contribution in [2.75, 3.05) is 11.6 Å². The molecule has 154 valence electrons. The summed E-state index contributed by atoms with van der Waals surface area (Å²) in [6.07, 6.45) is 3.88. The molecule has 0 saturated heterocycles. The van der Waals surface area contributed by atoms with E-state index in [0.717, 1.165) is 18.3 Å². The van der Waals surface area contributed by atoms with Crippen LogP contribution in [0, 0.1) is 28.9 Å². The second-order valence-electron chi connectivity index (χ2n) is 6.15. The molecule has 2 aromatic carbocycles. The topological polar surface area (TPSA) is 90.7 Å². The van der Waals surface area contributed by atoms with Gasteiger partial charge in [0.25, 0.3) is 0 Å². The average Bonchev–Trinajstić information content (AvgIpc) is 2.62. The van der Waals surface area contributed by atoms with Gasteiger partial charge in [-0.2, -0.15) is 5.26 Å². The fourth-order valence-corrected chi connectivity index (χ4v) is 3.97. The minimum Gasteiger partial charge on any atom is -0.324 e. The Morgan fingerprint density at radius 1 is 1.17 bits per heavy atom. The minimum absolute atomic E-state index is 0.0356. The van der Waals surface area contributed by atoms with Gasteiger partial charge in [0.05, 0.1) is 15.9 Å². The van der Waals surface area contributed by atoms with Gasteiger partial charge < -0.3 is 5.32 Å². The number of anilines is 2. The number of aromatic nitrogens is 2. The Morgan fingerprint density at radius 2 is 1.93 bits per heavy atom. The molecule has 0 amide bonds. The van der Waals surface area contributed by atoms with Crippen molar-refractivity contribution in [3.05, 3.63) is 70.1 Å². The molecule has 1 aromatic heterocycles. The Balaban J connectivity index is 1.98. The molecule has 0 bridgehead atoms. The van der Waals surface area contributed by atoms with Gasteiger partial charge in [0.1, 0.15) is 17.3 Å². The van der Waals surface area contributed by atoms with Gasteiger partial charge in [-0.1, -0.05) is 15.9 Å². The molecule has 0 saturated carbocycles. The standard InChI is InChI=1S/C19H13BrF3N5OS/c1-30(29,26-10-24)9-11-4-12(20)6-14(5-11)27-19-25-8-17(23)18(28-19)15-3-2-13(21)7-16(15)22/h2-9H,1H3,(H,26,29)(H,25,27,28). The molecular weight excluding hydrogens is 483 g/mol. The van der Waals surface area contributed by atoms with Gasteiger partial charge >= 0.3 is 0 Å². The Morgan fingerprint density at radius 3 is 2.63 bits per heavy atom. The van der Waals surface area contributed by atoms with E-state index >= 15 is 0 Å². The lowest BCUT2D eigenvalue weighted by Crippen LogP contribution is -2.18. The molecule has 0 aliphatic carbocycles. The number of rotatable bonds is 5. The van der Waals surface area contributed by atoms with Crippen LogP contribution in [0.3, 0.4) is 0 Å². The van der Waals surface area contributed by atoms with Crippen molar-refractivity contribution >= 4 is 42.6 Å².